The van der Waals surface area contributed by atoms with Crippen molar-refractivity contribution in [3.8, 4) is 0 Å². The molecule has 3 heteroatoms. The van der Waals surface area contributed by atoms with Crippen molar-refractivity contribution in [3.63, 3.8) is 0 Å². The van der Waals surface area contributed by atoms with E-state index in [-0.39, 0.29) is 0 Å². The Labute approximate surface area is 99.3 Å². The monoisotopic (exact) mass is 226 g/mol. The second kappa shape index (κ2) is 5.99. The van der Waals surface area contributed by atoms with Gasteiger partial charge in [-0.2, -0.15) is 0 Å². The van der Waals surface area contributed by atoms with E-state index in [4.69, 9.17) is 10.5 Å². The first-order valence-corrected chi connectivity index (χ1v) is 6.79. The molecule has 2 aliphatic carbocycles. The minimum Gasteiger partial charge on any atom is -0.380 e. The van der Waals surface area contributed by atoms with Gasteiger partial charge in [-0.1, -0.05) is 6.42 Å². The standard InChI is InChI=1S/C13H26N2O/c1-15(7-8-16-10-11-5-6-11)13(9-14)12-3-2-4-12/h11-13H,2-10,14H2,1H3. The summed E-state index contributed by atoms with van der Waals surface area (Å²) in [5.74, 6) is 1.72. The van der Waals surface area contributed by atoms with Crippen LogP contribution in [0.1, 0.15) is 32.1 Å². The van der Waals surface area contributed by atoms with E-state index in [0.29, 0.717) is 6.04 Å². The van der Waals surface area contributed by atoms with E-state index in [2.05, 4.69) is 11.9 Å². The van der Waals surface area contributed by atoms with Gasteiger partial charge in [0.15, 0.2) is 0 Å². The molecule has 0 bridgehead atoms. The Hall–Kier alpha value is -0.120. The lowest BCUT2D eigenvalue weighted by molar-refractivity contribution is 0.0665. The average Bonchev–Trinajstić information content (AvgIpc) is 3.01. The molecule has 1 atom stereocenters. The highest BCUT2D eigenvalue weighted by atomic mass is 16.5. The van der Waals surface area contributed by atoms with Crippen LogP contribution in [0.4, 0.5) is 0 Å². The van der Waals surface area contributed by atoms with Crippen molar-refractivity contribution in [2.45, 2.75) is 38.1 Å². The number of hydrogen-bond donors (Lipinski definition) is 1. The van der Waals surface area contributed by atoms with Crippen LogP contribution in [0.5, 0.6) is 0 Å². The lowest BCUT2D eigenvalue weighted by atomic mass is 9.79. The van der Waals surface area contributed by atoms with Crippen LogP contribution in [0.25, 0.3) is 0 Å². The van der Waals surface area contributed by atoms with Crippen LogP contribution in [-0.2, 0) is 4.74 Å². The van der Waals surface area contributed by atoms with Crippen LogP contribution < -0.4 is 5.73 Å². The summed E-state index contributed by atoms with van der Waals surface area (Å²) >= 11 is 0. The van der Waals surface area contributed by atoms with E-state index >= 15 is 0 Å². The number of ether oxygens (including phenoxy) is 1. The molecule has 94 valence electrons. The maximum Gasteiger partial charge on any atom is 0.0593 e. The highest BCUT2D eigenvalue weighted by molar-refractivity contribution is 4.84. The highest BCUT2D eigenvalue weighted by Crippen LogP contribution is 2.31. The summed E-state index contributed by atoms with van der Waals surface area (Å²) in [6, 6.07) is 0.582. The molecule has 0 amide bonds. The first kappa shape index (κ1) is 12.3. The highest BCUT2D eigenvalue weighted by Gasteiger charge is 2.28. The Balaban J connectivity index is 1.58. The van der Waals surface area contributed by atoms with Gasteiger partial charge >= 0.3 is 0 Å². The topological polar surface area (TPSA) is 38.5 Å². The first-order valence-electron chi connectivity index (χ1n) is 6.79. The summed E-state index contributed by atoms with van der Waals surface area (Å²) in [7, 11) is 2.19. The van der Waals surface area contributed by atoms with Crippen molar-refractivity contribution < 1.29 is 4.74 Å². The molecule has 0 saturated heterocycles. The zero-order valence-electron chi connectivity index (χ0n) is 10.5. The molecule has 16 heavy (non-hydrogen) atoms. The second-order valence-electron chi connectivity index (χ2n) is 5.49. The molecule has 2 N–H and O–H groups in total. The summed E-state index contributed by atoms with van der Waals surface area (Å²) in [5, 5.41) is 0. The summed E-state index contributed by atoms with van der Waals surface area (Å²) in [6.07, 6.45) is 6.89. The summed E-state index contributed by atoms with van der Waals surface area (Å²) < 4.78 is 5.67. The van der Waals surface area contributed by atoms with Gasteiger partial charge in [-0.05, 0) is 44.6 Å². The summed E-state index contributed by atoms with van der Waals surface area (Å²) in [6.45, 7) is 3.68. The van der Waals surface area contributed by atoms with Gasteiger partial charge in [-0.25, -0.2) is 0 Å². The molecule has 2 fully saturated rings. The van der Waals surface area contributed by atoms with Gasteiger partial charge < -0.3 is 10.5 Å². The Morgan fingerprint density at radius 1 is 1.31 bits per heavy atom. The fourth-order valence-corrected chi connectivity index (χ4v) is 2.47. The van der Waals surface area contributed by atoms with Crippen LogP contribution in [0.3, 0.4) is 0 Å². The average molecular weight is 226 g/mol. The van der Waals surface area contributed by atoms with Gasteiger partial charge in [0.05, 0.1) is 6.61 Å². The third-order valence-electron chi connectivity index (χ3n) is 4.14. The van der Waals surface area contributed by atoms with E-state index in [1.165, 1.54) is 32.1 Å². The number of hydrogen-bond acceptors (Lipinski definition) is 3. The van der Waals surface area contributed by atoms with Crippen molar-refractivity contribution in [3.05, 3.63) is 0 Å². The fraction of sp³-hybridized carbons (Fsp3) is 1.00. The smallest absolute Gasteiger partial charge is 0.0593 e. The maximum absolute atomic E-state index is 5.86. The van der Waals surface area contributed by atoms with Crippen LogP contribution in [0.2, 0.25) is 0 Å². The van der Waals surface area contributed by atoms with E-state index in [1.54, 1.807) is 0 Å². The van der Waals surface area contributed by atoms with Crippen molar-refractivity contribution in [1.82, 2.24) is 4.90 Å². The molecule has 0 aromatic rings. The molecule has 1 unspecified atom stereocenters. The molecule has 0 aliphatic heterocycles. The lowest BCUT2D eigenvalue weighted by Crippen LogP contribution is -2.46. The summed E-state index contributed by atoms with van der Waals surface area (Å²) in [5.41, 5.74) is 5.86. The van der Waals surface area contributed by atoms with E-state index in [1.807, 2.05) is 0 Å². The zero-order chi connectivity index (χ0) is 11.4. The van der Waals surface area contributed by atoms with Crippen LogP contribution in [0, 0.1) is 11.8 Å². The fourth-order valence-electron chi connectivity index (χ4n) is 2.47. The van der Waals surface area contributed by atoms with Crippen molar-refractivity contribution in [2.24, 2.45) is 17.6 Å². The van der Waals surface area contributed by atoms with Crippen LogP contribution >= 0.6 is 0 Å². The Kier molecular flexibility index (Phi) is 4.62. The molecule has 3 nitrogen and oxygen atoms in total. The minimum atomic E-state index is 0.582. The van der Waals surface area contributed by atoms with Crippen molar-refractivity contribution >= 4 is 0 Å². The minimum absolute atomic E-state index is 0.582. The molecular weight excluding hydrogens is 200 g/mol. The van der Waals surface area contributed by atoms with Gasteiger partial charge in [0, 0.05) is 25.7 Å². The predicted molar refractivity (Wildman–Crippen MR) is 66.4 cm³/mol. The molecule has 2 rings (SSSR count). The number of nitrogens with zero attached hydrogens (tertiary/aromatic N) is 1. The van der Waals surface area contributed by atoms with Crippen LogP contribution in [0.15, 0.2) is 0 Å². The van der Waals surface area contributed by atoms with Gasteiger partial charge in [0.25, 0.3) is 0 Å². The third-order valence-corrected chi connectivity index (χ3v) is 4.14. The SMILES string of the molecule is CN(CCOCC1CC1)C(CN)C1CCC1. The van der Waals surface area contributed by atoms with Gasteiger partial charge in [0.2, 0.25) is 0 Å². The van der Waals surface area contributed by atoms with E-state index in [9.17, 15) is 0 Å². The molecule has 0 radical (unpaired) electrons. The molecule has 2 aliphatic rings. The van der Waals surface area contributed by atoms with Crippen molar-refractivity contribution in [1.29, 1.82) is 0 Å². The zero-order valence-corrected chi connectivity index (χ0v) is 10.5. The Morgan fingerprint density at radius 2 is 2.06 bits per heavy atom. The first-order chi connectivity index (χ1) is 7.81. The van der Waals surface area contributed by atoms with Gasteiger partial charge in [-0.3, -0.25) is 4.90 Å². The van der Waals surface area contributed by atoms with E-state index in [0.717, 1.165) is 38.1 Å². The quantitative estimate of drug-likeness (QED) is 0.637. The van der Waals surface area contributed by atoms with Gasteiger partial charge in [-0.15, -0.1) is 0 Å². The largest absolute Gasteiger partial charge is 0.380 e. The van der Waals surface area contributed by atoms with Gasteiger partial charge in [0.1, 0.15) is 0 Å². The third kappa shape index (κ3) is 3.44. The lowest BCUT2D eigenvalue weighted by Gasteiger charge is -2.38. The molecule has 0 heterocycles. The van der Waals surface area contributed by atoms with E-state index < -0.39 is 0 Å². The second-order valence-corrected chi connectivity index (χ2v) is 5.49. The van der Waals surface area contributed by atoms with Crippen LogP contribution in [-0.4, -0.2) is 44.3 Å². The number of nitrogens with two attached hydrogens (primary N) is 1. The Morgan fingerprint density at radius 3 is 2.56 bits per heavy atom. The van der Waals surface area contributed by atoms with Crippen molar-refractivity contribution in [2.75, 3.05) is 33.4 Å². The molecule has 0 spiro atoms. The number of likely N-dealkylation sites (N-methyl/N-ethyl adjacent to an activating group) is 1. The normalized spacial score (nSPS) is 23.4. The molecular formula is C13H26N2O. The Bertz CT molecular complexity index is 202. The maximum atomic E-state index is 5.86. The predicted octanol–water partition coefficient (Wildman–Crippen LogP) is 1.47. The summed E-state index contributed by atoms with van der Waals surface area (Å²) in [4.78, 5) is 2.40. The molecule has 0 aromatic carbocycles. The number of rotatable bonds is 8. The molecule has 0 aromatic heterocycles. The molecule has 2 saturated carbocycles.